The molecule has 0 aromatic carbocycles. The van der Waals surface area contributed by atoms with E-state index in [2.05, 4.69) is 30.6 Å². The van der Waals surface area contributed by atoms with Crippen LogP contribution in [0.25, 0.3) is 11.2 Å². The molecule has 1 aliphatic rings. The number of nitrogens with one attached hydrogen (secondary N) is 3. The van der Waals surface area contributed by atoms with E-state index in [-0.39, 0.29) is 17.0 Å². The maximum absolute atomic E-state index is 11.7. The van der Waals surface area contributed by atoms with Crippen LogP contribution in [0.4, 0.5) is 5.95 Å². The number of hydrogen-bond acceptors (Lipinski definition) is 5. The van der Waals surface area contributed by atoms with Crippen molar-refractivity contribution < 1.29 is 4.79 Å². The molecule has 1 fully saturated rings. The number of nitrogens with zero attached hydrogens (tertiary/aromatic N) is 3. The topological polar surface area (TPSA) is 95.6 Å². The molecule has 3 heterocycles. The average molecular weight is 267 g/mol. The lowest BCUT2D eigenvalue weighted by Crippen LogP contribution is -2.43. The molecular formula is C10H11ClN6O. The standard InChI is InChI=1S/C10H11ClN6O/c11-8-7-9(14-4-13-7)17-10(16-8)15-6(18)1-5-2-12-3-5/h4-5,12H,1-3H2,(H2,13,14,15,16,17,18). The first kappa shape index (κ1) is 11.4. The Balaban J connectivity index is 1.75. The van der Waals surface area contributed by atoms with E-state index in [1.165, 1.54) is 6.33 Å². The Morgan fingerprint density at radius 1 is 1.50 bits per heavy atom. The molecule has 1 saturated heterocycles. The summed E-state index contributed by atoms with van der Waals surface area (Å²) in [6, 6.07) is 0. The van der Waals surface area contributed by atoms with Crippen LogP contribution in [0.2, 0.25) is 5.15 Å². The molecular weight excluding hydrogens is 256 g/mol. The highest BCUT2D eigenvalue weighted by molar-refractivity contribution is 6.33. The van der Waals surface area contributed by atoms with Crippen LogP contribution in [-0.4, -0.2) is 38.9 Å². The minimum Gasteiger partial charge on any atom is -0.341 e. The first-order chi connectivity index (χ1) is 8.72. The number of anilines is 1. The van der Waals surface area contributed by atoms with Crippen molar-refractivity contribution in [3.63, 3.8) is 0 Å². The maximum atomic E-state index is 11.7. The van der Waals surface area contributed by atoms with Gasteiger partial charge in [0, 0.05) is 6.42 Å². The van der Waals surface area contributed by atoms with Gasteiger partial charge in [-0.25, -0.2) is 4.98 Å². The molecule has 3 rings (SSSR count). The molecule has 0 bridgehead atoms. The van der Waals surface area contributed by atoms with Crippen molar-refractivity contribution in [3.8, 4) is 0 Å². The largest absolute Gasteiger partial charge is 0.341 e. The van der Waals surface area contributed by atoms with Crippen molar-refractivity contribution in [2.45, 2.75) is 6.42 Å². The lowest BCUT2D eigenvalue weighted by molar-refractivity contribution is -0.117. The van der Waals surface area contributed by atoms with Crippen LogP contribution in [-0.2, 0) is 4.79 Å². The van der Waals surface area contributed by atoms with Crippen LogP contribution >= 0.6 is 11.6 Å². The van der Waals surface area contributed by atoms with Gasteiger partial charge in [-0.1, -0.05) is 11.6 Å². The van der Waals surface area contributed by atoms with Gasteiger partial charge < -0.3 is 10.3 Å². The molecule has 0 spiro atoms. The Bertz CT molecular complexity index is 593. The predicted molar refractivity (Wildman–Crippen MR) is 66.3 cm³/mol. The number of imidazole rings is 1. The third-order valence-electron chi connectivity index (χ3n) is 2.83. The Labute approximate surface area is 107 Å². The smallest absolute Gasteiger partial charge is 0.233 e. The lowest BCUT2D eigenvalue weighted by Gasteiger charge is -2.26. The van der Waals surface area contributed by atoms with Crippen molar-refractivity contribution in [1.29, 1.82) is 0 Å². The number of halogens is 1. The summed E-state index contributed by atoms with van der Waals surface area (Å²) < 4.78 is 0. The normalized spacial score (nSPS) is 15.6. The average Bonchev–Trinajstić information content (AvgIpc) is 2.72. The Hall–Kier alpha value is -1.73. The second kappa shape index (κ2) is 4.51. The number of fused-ring (bicyclic) bond motifs is 1. The van der Waals surface area contributed by atoms with E-state index < -0.39 is 0 Å². The molecule has 8 heteroatoms. The summed E-state index contributed by atoms with van der Waals surface area (Å²) in [5.41, 5.74) is 1.01. The second-order valence-corrected chi connectivity index (χ2v) is 4.57. The molecule has 0 saturated carbocycles. The zero-order chi connectivity index (χ0) is 12.5. The third-order valence-corrected chi connectivity index (χ3v) is 3.11. The van der Waals surface area contributed by atoms with Gasteiger partial charge in [0.2, 0.25) is 11.9 Å². The highest BCUT2D eigenvalue weighted by Crippen LogP contribution is 2.18. The first-order valence-corrected chi connectivity index (χ1v) is 5.97. The number of aromatic amines is 1. The summed E-state index contributed by atoms with van der Waals surface area (Å²) in [5, 5.41) is 6.00. The highest BCUT2D eigenvalue weighted by Gasteiger charge is 2.20. The summed E-state index contributed by atoms with van der Waals surface area (Å²) in [7, 11) is 0. The maximum Gasteiger partial charge on any atom is 0.233 e. The zero-order valence-corrected chi connectivity index (χ0v) is 10.2. The second-order valence-electron chi connectivity index (χ2n) is 4.22. The minimum atomic E-state index is -0.104. The molecule has 1 aliphatic heterocycles. The van der Waals surface area contributed by atoms with Gasteiger partial charge in [0.1, 0.15) is 5.52 Å². The molecule has 2 aromatic rings. The SMILES string of the molecule is O=C(CC1CNC1)Nc1nc(Cl)c2[nH]cnc2n1. The molecule has 3 N–H and O–H groups in total. The molecule has 0 unspecified atom stereocenters. The molecule has 0 radical (unpaired) electrons. The van der Waals surface area contributed by atoms with Gasteiger partial charge in [-0.2, -0.15) is 9.97 Å². The fourth-order valence-corrected chi connectivity index (χ4v) is 2.00. The Morgan fingerprint density at radius 3 is 3.06 bits per heavy atom. The summed E-state index contributed by atoms with van der Waals surface area (Å²) in [6.07, 6.45) is 1.95. The number of carbonyl (C=O) groups is 1. The number of carbonyl (C=O) groups excluding carboxylic acids is 1. The molecule has 0 atom stereocenters. The van der Waals surface area contributed by atoms with Crippen molar-refractivity contribution in [2.24, 2.45) is 5.92 Å². The summed E-state index contributed by atoms with van der Waals surface area (Å²) in [5.74, 6) is 0.485. The quantitative estimate of drug-likeness (QED) is 0.706. The molecule has 1 amide bonds. The van der Waals surface area contributed by atoms with E-state index in [0.717, 1.165) is 13.1 Å². The van der Waals surface area contributed by atoms with Gasteiger partial charge in [-0.3, -0.25) is 10.1 Å². The van der Waals surface area contributed by atoms with E-state index in [1.54, 1.807) is 0 Å². The molecule has 2 aromatic heterocycles. The van der Waals surface area contributed by atoms with Crippen molar-refractivity contribution in [2.75, 3.05) is 18.4 Å². The Morgan fingerprint density at radius 2 is 2.33 bits per heavy atom. The van der Waals surface area contributed by atoms with Crippen LogP contribution in [0.3, 0.4) is 0 Å². The third kappa shape index (κ3) is 2.14. The summed E-state index contributed by atoms with van der Waals surface area (Å²) in [6.45, 7) is 1.76. The van der Waals surface area contributed by atoms with Crippen LogP contribution in [0.15, 0.2) is 6.33 Å². The van der Waals surface area contributed by atoms with Crippen LogP contribution in [0, 0.1) is 5.92 Å². The van der Waals surface area contributed by atoms with Gasteiger partial charge in [0.25, 0.3) is 0 Å². The fraction of sp³-hybridized carbons (Fsp3) is 0.400. The van der Waals surface area contributed by atoms with Gasteiger partial charge in [-0.05, 0) is 19.0 Å². The van der Waals surface area contributed by atoms with E-state index in [4.69, 9.17) is 11.6 Å². The predicted octanol–water partition coefficient (Wildman–Crippen LogP) is 0.554. The van der Waals surface area contributed by atoms with Gasteiger partial charge in [0.15, 0.2) is 10.8 Å². The fourth-order valence-electron chi connectivity index (χ4n) is 1.78. The van der Waals surface area contributed by atoms with Crippen molar-refractivity contribution in [1.82, 2.24) is 25.3 Å². The van der Waals surface area contributed by atoms with Crippen LogP contribution < -0.4 is 10.6 Å². The number of H-pyrrole nitrogens is 1. The minimum absolute atomic E-state index is 0.104. The van der Waals surface area contributed by atoms with E-state index >= 15 is 0 Å². The molecule has 0 aliphatic carbocycles. The zero-order valence-electron chi connectivity index (χ0n) is 9.40. The lowest BCUT2D eigenvalue weighted by atomic mass is 9.99. The van der Waals surface area contributed by atoms with E-state index in [1.807, 2.05) is 0 Å². The van der Waals surface area contributed by atoms with Gasteiger partial charge >= 0.3 is 0 Å². The first-order valence-electron chi connectivity index (χ1n) is 5.59. The van der Waals surface area contributed by atoms with E-state index in [9.17, 15) is 4.79 Å². The molecule has 94 valence electrons. The number of aromatic nitrogens is 4. The number of amides is 1. The van der Waals surface area contributed by atoms with Crippen LogP contribution in [0.1, 0.15) is 6.42 Å². The van der Waals surface area contributed by atoms with Crippen molar-refractivity contribution >= 4 is 34.6 Å². The monoisotopic (exact) mass is 266 g/mol. The van der Waals surface area contributed by atoms with Crippen molar-refractivity contribution in [3.05, 3.63) is 11.5 Å². The highest BCUT2D eigenvalue weighted by atomic mass is 35.5. The van der Waals surface area contributed by atoms with Crippen LogP contribution in [0.5, 0.6) is 0 Å². The summed E-state index contributed by atoms with van der Waals surface area (Å²) >= 11 is 5.95. The number of rotatable bonds is 3. The van der Waals surface area contributed by atoms with Gasteiger partial charge in [0.05, 0.1) is 6.33 Å². The number of hydrogen-bond donors (Lipinski definition) is 3. The Kier molecular flexibility index (Phi) is 2.85. The van der Waals surface area contributed by atoms with Gasteiger partial charge in [-0.15, -0.1) is 0 Å². The molecule has 7 nitrogen and oxygen atoms in total. The van der Waals surface area contributed by atoms with E-state index in [0.29, 0.717) is 23.5 Å². The molecule has 18 heavy (non-hydrogen) atoms. The summed E-state index contributed by atoms with van der Waals surface area (Å²) in [4.78, 5) is 26.6.